The Kier molecular flexibility index (Phi) is 5.52. The molecule has 3 unspecified atom stereocenters. The lowest BCUT2D eigenvalue weighted by atomic mass is 9.53. The Morgan fingerprint density at radius 3 is 2.19 bits per heavy atom. The first-order chi connectivity index (χ1) is 26.8. The predicted octanol–water partition coefficient (Wildman–Crippen LogP) is 11.0. The molecule has 4 aliphatic rings. The van der Waals surface area contributed by atoms with Crippen LogP contribution in [-0.4, -0.2) is 12.3 Å². The van der Waals surface area contributed by atoms with Crippen molar-refractivity contribution in [3.8, 4) is 11.1 Å². The molecule has 1 spiro atoms. The fourth-order valence-electron chi connectivity index (χ4n) is 11.2. The zero-order chi connectivity index (χ0) is 35.1. The first-order valence-corrected chi connectivity index (χ1v) is 19.2. The number of para-hydroxylation sites is 3. The molecule has 2 aliphatic carbocycles. The van der Waals surface area contributed by atoms with Crippen molar-refractivity contribution in [1.29, 1.82) is 0 Å². The topological polar surface area (TPSA) is 19.0 Å². The van der Waals surface area contributed by atoms with Crippen LogP contribution in [0.1, 0.15) is 28.2 Å². The summed E-state index contributed by atoms with van der Waals surface area (Å²) in [5, 5.41) is 7.61. The van der Waals surface area contributed by atoms with E-state index in [0.29, 0.717) is 5.92 Å². The molecule has 9 aromatic rings. The molecule has 13 rings (SSSR count). The molecule has 8 aromatic carbocycles. The van der Waals surface area contributed by atoms with E-state index in [1.54, 1.807) is 0 Å². The van der Waals surface area contributed by atoms with E-state index in [2.05, 4.69) is 186 Å². The number of anilines is 3. The van der Waals surface area contributed by atoms with Crippen molar-refractivity contribution in [2.75, 3.05) is 4.90 Å². The molecule has 54 heavy (non-hydrogen) atoms. The maximum Gasteiger partial charge on any atom is 0.198 e. The van der Waals surface area contributed by atoms with Gasteiger partial charge in [-0.3, -0.25) is 0 Å². The monoisotopic (exact) mass is 684 g/mol. The Bertz CT molecular complexity index is 3180. The molecular weight excluding hydrogens is 651 g/mol. The molecule has 1 N–H and O–H groups in total. The third-order valence-corrected chi connectivity index (χ3v) is 13.3. The molecule has 0 bridgehead atoms. The molecule has 0 fully saturated rings. The summed E-state index contributed by atoms with van der Waals surface area (Å²) in [5.41, 5.74) is 17.1. The summed E-state index contributed by atoms with van der Waals surface area (Å²) < 4.78 is 0. The van der Waals surface area contributed by atoms with Crippen molar-refractivity contribution in [3.05, 3.63) is 198 Å². The summed E-state index contributed by atoms with van der Waals surface area (Å²) in [6.07, 6.45) is 9.45. The van der Waals surface area contributed by atoms with Crippen molar-refractivity contribution in [3.63, 3.8) is 0 Å². The van der Waals surface area contributed by atoms with Crippen LogP contribution in [0.25, 0.3) is 54.5 Å². The second-order valence-corrected chi connectivity index (χ2v) is 15.6. The van der Waals surface area contributed by atoms with Gasteiger partial charge in [0.25, 0.3) is 0 Å². The van der Waals surface area contributed by atoms with E-state index in [9.17, 15) is 0 Å². The van der Waals surface area contributed by atoms with E-state index in [1.807, 2.05) is 0 Å². The zero-order valence-corrected chi connectivity index (χ0v) is 29.6. The molecule has 3 atom stereocenters. The second-order valence-electron chi connectivity index (χ2n) is 15.6. The summed E-state index contributed by atoms with van der Waals surface area (Å²) >= 11 is 0. The van der Waals surface area contributed by atoms with Crippen molar-refractivity contribution < 1.29 is 0 Å². The lowest BCUT2D eigenvalue weighted by Crippen LogP contribution is -2.48. The number of aromatic nitrogens is 1. The average Bonchev–Trinajstić information content (AvgIpc) is 3.77. The first-order valence-electron chi connectivity index (χ1n) is 19.2. The second kappa shape index (κ2) is 10.3. The van der Waals surface area contributed by atoms with Crippen LogP contribution in [0.15, 0.2) is 176 Å². The fraction of sp³-hybridized carbons (Fsp3) is 0.0588. The molecule has 3 heteroatoms. The molecule has 250 valence electrons. The van der Waals surface area contributed by atoms with Gasteiger partial charge in [-0.1, -0.05) is 169 Å². The smallest absolute Gasteiger partial charge is 0.198 e. The van der Waals surface area contributed by atoms with Gasteiger partial charge in [-0.2, -0.15) is 0 Å². The number of aromatic amines is 1. The molecule has 1 aromatic heterocycles. The number of benzene rings is 8. The number of rotatable bonds is 1. The predicted molar refractivity (Wildman–Crippen MR) is 228 cm³/mol. The van der Waals surface area contributed by atoms with E-state index in [0.717, 1.165) is 7.28 Å². The van der Waals surface area contributed by atoms with Crippen molar-refractivity contribution in [2.45, 2.75) is 11.3 Å². The van der Waals surface area contributed by atoms with Gasteiger partial charge in [0, 0.05) is 50.3 Å². The van der Waals surface area contributed by atoms with Crippen molar-refractivity contribution >= 4 is 78.6 Å². The number of hydrogen-bond acceptors (Lipinski definition) is 1. The van der Waals surface area contributed by atoms with E-state index in [4.69, 9.17) is 0 Å². The minimum Gasteiger partial charge on any atom is -0.353 e. The molecule has 0 saturated heterocycles. The summed E-state index contributed by atoms with van der Waals surface area (Å²) in [6.45, 7) is 0. The average molecular weight is 685 g/mol. The Hall–Kier alpha value is -6.58. The van der Waals surface area contributed by atoms with Crippen molar-refractivity contribution in [1.82, 2.24) is 4.98 Å². The van der Waals surface area contributed by atoms with E-state index in [1.165, 1.54) is 105 Å². The van der Waals surface area contributed by atoms with E-state index < -0.39 is 0 Å². The van der Waals surface area contributed by atoms with Crippen LogP contribution in [0.4, 0.5) is 17.1 Å². The summed E-state index contributed by atoms with van der Waals surface area (Å²) in [5.74, 6) is 0.619. The highest BCUT2D eigenvalue weighted by Crippen LogP contribution is 2.65. The Balaban J connectivity index is 1.13. The maximum absolute atomic E-state index is 3.97. The third-order valence-electron chi connectivity index (χ3n) is 13.3. The van der Waals surface area contributed by atoms with Crippen LogP contribution < -0.4 is 15.8 Å². The van der Waals surface area contributed by atoms with Gasteiger partial charge in [0.2, 0.25) is 0 Å². The largest absolute Gasteiger partial charge is 0.353 e. The van der Waals surface area contributed by atoms with Crippen LogP contribution in [0.2, 0.25) is 0 Å². The normalized spacial score (nSPS) is 19.9. The van der Waals surface area contributed by atoms with Crippen LogP contribution in [0.5, 0.6) is 0 Å². The minimum absolute atomic E-state index is 0.287. The zero-order valence-electron chi connectivity index (χ0n) is 29.6. The Labute approximate surface area is 313 Å². The summed E-state index contributed by atoms with van der Waals surface area (Å²) in [6, 6.07) is 57.3. The van der Waals surface area contributed by atoms with Gasteiger partial charge in [-0.15, -0.1) is 0 Å². The summed E-state index contributed by atoms with van der Waals surface area (Å²) in [7, 11) is 0.860. The highest BCUT2D eigenvalue weighted by Gasteiger charge is 2.57. The number of fused-ring (bicyclic) bond motifs is 18. The Morgan fingerprint density at radius 2 is 1.24 bits per heavy atom. The van der Waals surface area contributed by atoms with E-state index in [-0.39, 0.29) is 11.3 Å². The number of H-pyrrole nitrogens is 1. The number of nitrogens with zero attached hydrogens (tertiary/aromatic N) is 1. The van der Waals surface area contributed by atoms with Gasteiger partial charge in [-0.25, -0.2) is 0 Å². The molecular formula is C51H33BN2. The minimum atomic E-state index is -0.301. The van der Waals surface area contributed by atoms with Crippen LogP contribution in [-0.2, 0) is 5.41 Å². The van der Waals surface area contributed by atoms with Crippen LogP contribution in [0.3, 0.4) is 0 Å². The molecule has 3 heterocycles. The fourth-order valence-corrected chi connectivity index (χ4v) is 11.2. The van der Waals surface area contributed by atoms with Gasteiger partial charge in [0.1, 0.15) is 0 Å². The van der Waals surface area contributed by atoms with Crippen LogP contribution in [0, 0.1) is 5.92 Å². The van der Waals surface area contributed by atoms with E-state index >= 15 is 0 Å². The maximum atomic E-state index is 3.97. The number of allylic oxidation sites excluding steroid dienone is 4. The SMILES string of the molecule is B1c2cccc3c2N(c2ccccc2C32c3ccccc3C3C=CC=CC32)c2c1c(-c1cccc3c1[nH]c1c4ccccc4ccc31)cc1ccccc21. The van der Waals surface area contributed by atoms with Crippen LogP contribution >= 0.6 is 0 Å². The number of hydrogen-bond donors (Lipinski definition) is 1. The van der Waals surface area contributed by atoms with Crippen molar-refractivity contribution in [2.24, 2.45) is 5.92 Å². The Morgan fingerprint density at radius 1 is 0.519 bits per heavy atom. The standard InChI is InChI=1S/C51H33BN2/c1-3-15-32-30(13-1)27-28-38-36-19-11-20-37(48(36)53-47(32)38)39-29-31-14-2-4-16-33(31)49-46(39)52-44-25-12-24-43-50(44)54(49)45-26-10-9-23-42(45)51(43)40-21-7-5-17-34(40)35-18-6-8-22-41(35)51/h1-29,34,40,52-53H. The lowest BCUT2D eigenvalue weighted by molar-refractivity contribution is 0.454. The van der Waals surface area contributed by atoms with Gasteiger partial charge >= 0.3 is 0 Å². The lowest BCUT2D eigenvalue weighted by Gasteiger charge is -2.50. The van der Waals surface area contributed by atoms with Gasteiger partial charge < -0.3 is 9.88 Å². The molecule has 0 amide bonds. The first kappa shape index (κ1) is 28.9. The molecule has 0 saturated carbocycles. The highest BCUT2D eigenvalue weighted by molar-refractivity contribution is 6.74. The number of nitrogens with one attached hydrogen (secondary N) is 1. The third kappa shape index (κ3) is 3.44. The molecule has 2 aliphatic heterocycles. The quantitative estimate of drug-likeness (QED) is 0.171. The summed E-state index contributed by atoms with van der Waals surface area (Å²) in [4.78, 5) is 6.63. The van der Waals surface area contributed by atoms with Gasteiger partial charge in [0.05, 0.1) is 22.1 Å². The van der Waals surface area contributed by atoms with Gasteiger partial charge in [-0.05, 0) is 56.2 Å². The highest BCUT2D eigenvalue weighted by atomic mass is 15.2. The molecule has 0 radical (unpaired) electrons. The van der Waals surface area contributed by atoms with Gasteiger partial charge in [0.15, 0.2) is 7.28 Å². The molecule has 2 nitrogen and oxygen atoms in total.